The van der Waals surface area contributed by atoms with Crippen molar-refractivity contribution < 1.29 is 9.72 Å². The van der Waals surface area contributed by atoms with E-state index < -0.39 is 4.92 Å². The van der Waals surface area contributed by atoms with Crippen LogP contribution in [0.2, 0.25) is 0 Å². The molecule has 0 aromatic heterocycles. The Kier molecular flexibility index (Phi) is 2.53. The van der Waals surface area contributed by atoms with Gasteiger partial charge in [0.1, 0.15) is 0 Å². The normalized spacial score (nSPS) is 15.1. The quantitative estimate of drug-likeness (QED) is 0.468. The maximum Gasteiger partial charge on any atom is 0.269 e. The molecular weight excluding hydrogens is 230 g/mol. The van der Waals surface area contributed by atoms with Gasteiger partial charge in [-0.2, -0.15) is 0 Å². The van der Waals surface area contributed by atoms with Crippen LogP contribution >= 0.6 is 12.2 Å². The largest absolute Gasteiger partial charge is 0.353 e. The molecular formula is C9H7N3O3S. The second kappa shape index (κ2) is 3.86. The summed E-state index contributed by atoms with van der Waals surface area (Å²) < 4.78 is 0. The summed E-state index contributed by atoms with van der Waals surface area (Å²) in [5.41, 5.74) is 0.514. The van der Waals surface area contributed by atoms with Gasteiger partial charge in [0.05, 0.1) is 17.2 Å². The van der Waals surface area contributed by atoms with Gasteiger partial charge in [-0.05, 0) is 24.4 Å². The average Bonchev–Trinajstić information content (AvgIpc) is 2.59. The van der Waals surface area contributed by atoms with Gasteiger partial charge in [0.25, 0.3) is 11.6 Å². The van der Waals surface area contributed by atoms with Gasteiger partial charge < -0.3 is 5.32 Å². The number of anilines is 1. The minimum absolute atomic E-state index is 0.0192. The molecule has 1 saturated heterocycles. The van der Waals surface area contributed by atoms with Gasteiger partial charge in [0, 0.05) is 12.1 Å². The number of thiocarbonyl (C=S) groups is 1. The number of benzene rings is 1. The minimum atomic E-state index is -0.494. The minimum Gasteiger partial charge on any atom is -0.353 e. The van der Waals surface area contributed by atoms with Crippen LogP contribution in [-0.4, -0.2) is 22.5 Å². The van der Waals surface area contributed by atoms with Crippen LogP contribution in [0.3, 0.4) is 0 Å². The molecule has 1 aliphatic rings. The lowest BCUT2D eigenvalue weighted by Gasteiger charge is -2.13. The highest BCUT2D eigenvalue weighted by Gasteiger charge is 2.26. The summed E-state index contributed by atoms with van der Waals surface area (Å²) in [7, 11) is 0. The predicted molar refractivity (Wildman–Crippen MR) is 61.2 cm³/mol. The number of nitro benzene ring substituents is 1. The van der Waals surface area contributed by atoms with Gasteiger partial charge >= 0.3 is 0 Å². The molecule has 0 unspecified atom stereocenters. The monoisotopic (exact) mass is 237 g/mol. The lowest BCUT2D eigenvalue weighted by atomic mass is 10.2. The number of nitrogens with one attached hydrogen (secondary N) is 1. The first-order valence-electron chi connectivity index (χ1n) is 4.45. The number of carbonyl (C=O) groups is 1. The van der Waals surface area contributed by atoms with Crippen molar-refractivity contribution in [2.24, 2.45) is 0 Å². The molecule has 16 heavy (non-hydrogen) atoms. The van der Waals surface area contributed by atoms with Crippen molar-refractivity contribution in [2.45, 2.75) is 0 Å². The third-order valence-electron chi connectivity index (χ3n) is 2.16. The van der Waals surface area contributed by atoms with Crippen LogP contribution in [0.25, 0.3) is 0 Å². The first-order valence-corrected chi connectivity index (χ1v) is 4.85. The van der Waals surface area contributed by atoms with Crippen LogP contribution in [0.1, 0.15) is 0 Å². The van der Waals surface area contributed by atoms with Crippen molar-refractivity contribution in [3.8, 4) is 0 Å². The van der Waals surface area contributed by atoms with Gasteiger partial charge in [-0.1, -0.05) is 0 Å². The van der Waals surface area contributed by atoms with Crippen LogP contribution in [0.5, 0.6) is 0 Å². The molecule has 1 aliphatic heterocycles. The Morgan fingerprint density at radius 3 is 2.44 bits per heavy atom. The van der Waals surface area contributed by atoms with E-state index in [1.165, 1.54) is 29.2 Å². The third-order valence-corrected chi connectivity index (χ3v) is 2.49. The first kappa shape index (κ1) is 10.5. The zero-order chi connectivity index (χ0) is 11.7. The van der Waals surface area contributed by atoms with E-state index in [4.69, 9.17) is 12.2 Å². The predicted octanol–water partition coefficient (Wildman–Crippen LogP) is 0.816. The summed E-state index contributed by atoms with van der Waals surface area (Å²) >= 11 is 4.94. The van der Waals surface area contributed by atoms with Gasteiger partial charge in [0.15, 0.2) is 5.11 Å². The Balaban J connectivity index is 2.31. The first-order chi connectivity index (χ1) is 7.59. The Morgan fingerprint density at radius 2 is 2.00 bits per heavy atom. The van der Waals surface area contributed by atoms with Crippen LogP contribution in [0, 0.1) is 10.1 Å². The smallest absolute Gasteiger partial charge is 0.269 e. The zero-order valence-corrected chi connectivity index (χ0v) is 8.86. The van der Waals surface area contributed by atoms with Crippen LogP contribution in [0.15, 0.2) is 24.3 Å². The van der Waals surface area contributed by atoms with Gasteiger partial charge in [-0.25, -0.2) is 0 Å². The van der Waals surface area contributed by atoms with E-state index in [-0.39, 0.29) is 18.1 Å². The van der Waals surface area contributed by atoms with Gasteiger partial charge in [-0.15, -0.1) is 0 Å². The highest BCUT2D eigenvalue weighted by molar-refractivity contribution is 7.80. The Bertz CT molecular complexity index is 455. The molecule has 1 fully saturated rings. The molecule has 0 radical (unpaired) electrons. The van der Waals surface area contributed by atoms with Crippen LogP contribution in [0.4, 0.5) is 11.4 Å². The van der Waals surface area contributed by atoms with Crippen molar-refractivity contribution in [2.75, 3.05) is 11.4 Å². The Labute approximate surface area is 96.0 Å². The fraction of sp³-hybridized carbons (Fsp3) is 0.111. The number of rotatable bonds is 2. The third kappa shape index (κ3) is 1.72. The summed E-state index contributed by atoms with van der Waals surface area (Å²) in [5.74, 6) is -0.168. The number of carbonyl (C=O) groups excluding carboxylic acids is 1. The standard InChI is InChI=1S/C9H7N3O3S/c13-8-5-10-9(16)11(8)6-1-3-7(4-2-6)12(14)15/h1-4H,5H2,(H,10,16). The van der Waals surface area contributed by atoms with Crippen LogP contribution < -0.4 is 10.2 Å². The Morgan fingerprint density at radius 1 is 1.38 bits per heavy atom. The highest BCUT2D eigenvalue weighted by Crippen LogP contribution is 2.21. The molecule has 1 aromatic rings. The van der Waals surface area contributed by atoms with Crippen molar-refractivity contribution in [1.82, 2.24) is 5.32 Å². The summed E-state index contributed by atoms with van der Waals surface area (Å²) in [4.78, 5) is 22.7. The summed E-state index contributed by atoms with van der Waals surface area (Å²) in [6.45, 7) is 0.163. The van der Waals surface area contributed by atoms with Crippen molar-refractivity contribution >= 4 is 34.6 Å². The fourth-order valence-corrected chi connectivity index (χ4v) is 1.69. The molecule has 0 atom stereocenters. The second-order valence-corrected chi connectivity index (χ2v) is 3.55. The summed E-state index contributed by atoms with van der Waals surface area (Å²) in [5, 5.41) is 13.5. The number of nitrogens with zero attached hydrogens (tertiary/aromatic N) is 2. The van der Waals surface area contributed by atoms with Gasteiger partial charge in [0.2, 0.25) is 0 Å². The fourth-order valence-electron chi connectivity index (χ4n) is 1.41. The molecule has 2 rings (SSSR count). The number of nitro groups is 1. The number of hydrogen-bond acceptors (Lipinski definition) is 4. The second-order valence-electron chi connectivity index (χ2n) is 3.16. The van der Waals surface area contributed by atoms with E-state index in [2.05, 4.69) is 5.32 Å². The Hall–Kier alpha value is -2.02. The topological polar surface area (TPSA) is 75.5 Å². The highest BCUT2D eigenvalue weighted by atomic mass is 32.1. The van der Waals surface area contributed by atoms with E-state index in [1.807, 2.05) is 0 Å². The summed E-state index contributed by atoms with van der Waals surface area (Å²) in [6, 6.07) is 5.66. The molecule has 0 aliphatic carbocycles. The van der Waals surface area contributed by atoms with E-state index in [0.29, 0.717) is 10.8 Å². The van der Waals surface area contributed by atoms with E-state index in [0.717, 1.165) is 0 Å². The number of hydrogen-bond donors (Lipinski definition) is 1. The number of non-ortho nitro benzene ring substituents is 1. The van der Waals surface area contributed by atoms with Crippen molar-refractivity contribution in [1.29, 1.82) is 0 Å². The maximum atomic E-state index is 11.4. The van der Waals surface area contributed by atoms with E-state index >= 15 is 0 Å². The maximum absolute atomic E-state index is 11.4. The molecule has 7 heteroatoms. The molecule has 1 amide bonds. The van der Waals surface area contributed by atoms with Crippen molar-refractivity contribution in [3.63, 3.8) is 0 Å². The molecule has 1 aromatic carbocycles. The molecule has 1 heterocycles. The van der Waals surface area contributed by atoms with Gasteiger partial charge in [-0.3, -0.25) is 19.8 Å². The van der Waals surface area contributed by atoms with Crippen molar-refractivity contribution in [3.05, 3.63) is 34.4 Å². The lowest BCUT2D eigenvalue weighted by Crippen LogP contribution is -2.30. The molecule has 82 valence electrons. The van der Waals surface area contributed by atoms with Crippen LogP contribution in [-0.2, 0) is 4.79 Å². The van der Waals surface area contributed by atoms with E-state index in [9.17, 15) is 14.9 Å². The average molecular weight is 237 g/mol. The molecule has 6 nitrogen and oxygen atoms in total. The number of amides is 1. The summed E-state index contributed by atoms with van der Waals surface area (Å²) in [6.07, 6.45) is 0. The lowest BCUT2D eigenvalue weighted by molar-refractivity contribution is -0.384. The SMILES string of the molecule is O=C1CNC(=S)N1c1ccc([N+](=O)[O-])cc1. The zero-order valence-electron chi connectivity index (χ0n) is 8.04. The molecule has 1 N–H and O–H groups in total. The molecule has 0 bridgehead atoms. The molecule has 0 spiro atoms. The van der Waals surface area contributed by atoms with E-state index in [1.54, 1.807) is 0 Å². The molecule has 0 saturated carbocycles.